The van der Waals surface area contributed by atoms with Gasteiger partial charge in [-0.3, -0.25) is 9.59 Å². The SMILES string of the molecule is O=C(O)CCCCCCC1NCCC1=O. The van der Waals surface area contributed by atoms with E-state index in [1.165, 1.54) is 0 Å². The molecule has 1 atom stereocenters. The van der Waals surface area contributed by atoms with Crippen molar-refractivity contribution in [1.82, 2.24) is 5.32 Å². The molecule has 0 radical (unpaired) electrons. The molecule has 0 bridgehead atoms. The van der Waals surface area contributed by atoms with Crippen LogP contribution in [0.5, 0.6) is 0 Å². The van der Waals surface area contributed by atoms with Gasteiger partial charge in [0.2, 0.25) is 0 Å². The molecule has 1 unspecified atom stereocenters. The van der Waals surface area contributed by atoms with Crippen LogP contribution in [0.4, 0.5) is 0 Å². The highest BCUT2D eigenvalue weighted by Crippen LogP contribution is 2.11. The average Bonchev–Trinajstić information content (AvgIpc) is 2.57. The molecule has 1 heterocycles. The van der Waals surface area contributed by atoms with Crippen molar-refractivity contribution < 1.29 is 14.7 Å². The number of carboxylic acid groups (broad SMARTS) is 1. The van der Waals surface area contributed by atoms with Crippen LogP contribution in [0.1, 0.15) is 44.9 Å². The van der Waals surface area contributed by atoms with Crippen molar-refractivity contribution in [3.63, 3.8) is 0 Å². The Balaban J connectivity index is 1.92. The monoisotopic (exact) mass is 213 g/mol. The summed E-state index contributed by atoms with van der Waals surface area (Å²) in [6.45, 7) is 0.822. The number of nitrogens with one attached hydrogen (secondary N) is 1. The van der Waals surface area contributed by atoms with E-state index < -0.39 is 5.97 Å². The summed E-state index contributed by atoms with van der Waals surface area (Å²) >= 11 is 0. The first-order valence-electron chi connectivity index (χ1n) is 5.68. The van der Waals surface area contributed by atoms with E-state index in [2.05, 4.69) is 5.32 Å². The van der Waals surface area contributed by atoms with Crippen molar-refractivity contribution >= 4 is 11.8 Å². The van der Waals surface area contributed by atoms with E-state index in [1.54, 1.807) is 0 Å². The second-order valence-corrected chi connectivity index (χ2v) is 4.07. The number of aliphatic carboxylic acids is 1. The summed E-state index contributed by atoms with van der Waals surface area (Å²) in [4.78, 5) is 21.5. The van der Waals surface area contributed by atoms with E-state index >= 15 is 0 Å². The smallest absolute Gasteiger partial charge is 0.303 e. The summed E-state index contributed by atoms with van der Waals surface area (Å²) in [6, 6.07) is 0.0736. The molecule has 86 valence electrons. The molecule has 0 saturated carbocycles. The van der Waals surface area contributed by atoms with Crippen LogP contribution in [0.15, 0.2) is 0 Å². The maximum Gasteiger partial charge on any atom is 0.303 e. The molecule has 4 nitrogen and oxygen atoms in total. The number of carbonyl (C=O) groups excluding carboxylic acids is 1. The number of carboxylic acids is 1. The van der Waals surface area contributed by atoms with Gasteiger partial charge < -0.3 is 10.4 Å². The molecule has 0 aromatic rings. The lowest BCUT2D eigenvalue weighted by Gasteiger charge is -2.07. The van der Waals surface area contributed by atoms with Crippen molar-refractivity contribution in [3.8, 4) is 0 Å². The standard InChI is InChI=1S/C11H19NO3/c13-10-7-8-12-9(10)5-3-1-2-4-6-11(14)15/h9,12H,1-8H2,(H,14,15). The van der Waals surface area contributed by atoms with Gasteiger partial charge in [0.25, 0.3) is 0 Å². The van der Waals surface area contributed by atoms with E-state index in [1.807, 2.05) is 0 Å². The summed E-state index contributed by atoms with van der Waals surface area (Å²) < 4.78 is 0. The zero-order valence-corrected chi connectivity index (χ0v) is 9.00. The first-order valence-corrected chi connectivity index (χ1v) is 5.68. The molecular formula is C11H19NO3. The Hall–Kier alpha value is -0.900. The Morgan fingerprint density at radius 2 is 2.07 bits per heavy atom. The number of carbonyl (C=O) groups is 2. The first kappa shape index (κ1) is 12.2. The van der Waals surface area contributed by atoms with Gasteiger partial charge in [-0.1, -0.05) is 19.3 Å². The Bertz CT molecular complexity index is 228. The van der Waals surface area contributed by atoms with Crippen LogP contribution in [-0.4, -0.2) is 29.4 Å². The van der Waals surface area contributed by atoms with Gasteiger partial charge in [-0.2, -0.15) is 0 Å². The van der Waals surface area contributed by atoms with Gasteiger partial charge in [-0.05, 0) is 12.8 Å². The molecular weight excluding hydrogens is 194 g/mol. The van der Waals surface area contributed by atoms with Gasteiger partial charge in [0.1, 0.15) is 0 Å². The second-order valence-electron chi connectivity index (χ2n) is 4.07. The van der Waals surface area contributed by atoms with Gasteiger partial charge in [0.15, 0.2) is 5.78 Å². The highest BCUT2D eigenvalue weighted by atomic mass is 16.4. The van der Waals surface area contributed by atoms with Crippen LogP contribution in [0.3, 0.4) is 0 Å². The van der Waals surface area contributed by atoms with Crippen LogP contribution < -0.4 is 5.32 Å². The topological polar surface area (TPSA) is 66.4 Å². The number of hydrogen-bond acceptors (Lipinski definition) is 3. The number of ketones is 1. The summed E-state index contributed by atoms with van der Waals surface area (Å²) in [6.07, 6.45) is 5.59. The molecule has 0 amide bonds. The largest absolute Gasteiger partial charge is 0.481 e. The normalized spacial score (nSPS) is 20.8. The third-order valence-electron chi connectivity index (χ3n) is 2.78. The minimum absolute atomic E-state index is 0.0736. The molecule has 0 aliphatic carbocycles. The van der Waals surface area contributed by atoms with Gasteiger partial charge in [-0.25, -0.2) is 0 Å². The summed E-state index contributed by atoms with van der Waals surface area (Å²) in [5.74, 6) is -0.386. The molecule has 1 aliphatic heterocycles. The van der Waals surface area contributed by atoms with Gasteiger partial charge in [0, 0.05) is 19.4 Å². The molecule has 1 aliphatic rings. The highest BCUT2D eigenvalue weighted by molar-refractivity contribution is 5.86. The lowest BCUT2D eigenvalue weighted by Crippen LogP contribution is -2.26. The Labute approximate surface area is 90.0 Å². The van der Waals surface area contributed by atoms with E-state index in [0.717, 1.165) is 38.6 Å². The van der Waals surface area contributed by atoms with Crippen LogP contribution in [-0.2, 0) is 9.59 Å². The molecule has 0 spiro atoms. The maximum atomic E-state index is 11.2. The van der Waals surface area contributed by atoms with Crippen LogP contribution in [0.2, 0.25) is 0 Å². The molecule has 0 aromatic heterocycles. The average molecular weight is 213 g/mol. The third-order valence-corrected chi connectivity index (χ3v) is 2.78. The molecule has 15 heavy (non-hydrogen) atoms. The summed E-state index contributed by atoms with van der Waals surface area (Å²) in [5, 5.41) is 11.6. The molecule has 1 rings (SSSR count). The predicted molar refractivity (Wildman–Crippen MR) is 56.8 cm³/mol. The fourth-order valence-electron chi connectivity index (χ4n) is 1.90. The molecule has 4 heteroatoms. The van der Waals surface area contributed by atoms with E-state index in [-0.39, 0.29) is 12.5 Å². The highest BCUT2D eigenvalue weighted by Gasteiger charge is 2.22. The fourth-order valence-corrected chi connectivity index (χ4v) is 1.90. The Kier molecular flexibility index (Phi) is 5.32. The molecule has 1 fully saturated rings. The predicted octanol–water partition coefficient (Wildman–Crippen LogP) is 1.34. The quantitative estimate of drug-likeness (QED) is 0.626. The number of rotatable bonds is 7. The van der Waals surface area contributed by atoms with Gasteiger partial charge >= 0.3 is 5.97 Å². The fraction of sp³-hybridized carbons (Fsp3) is 0.818. The lowest BCUT2D eigenvalue weighted by molar-refractivity contribution is -0.137. The summed E-state index contributed by atoms with van der Waals surface area (Å²) in [7, 11) is 0. The van der Waals surface area contributed by atoms with Crippen molar-refractivity contribution in [1.29, 1.82) is 0 Å². The van der Waals surface area contributed by atoms with E-state index in [9.17, 15) is 9.59 Å². The molecule has 1 saturated heterocycles. The van der Waals surface area contributed by atoms with Crippen molar-refractivity contribution in [2.45, 2.75) is 51.0 Å². The number of Topliss-reactive ketones (excluding diaryl/α,β-unsaturated/α-hetero) is 1. The minimum Gasteiger partial charge on any atom is -0.481 e. The maximum absolute atomic E-state index is 11.2. The van der Waals surface area contributed by atoms with Gasteiger partial charge in [-0.15, -0.1) is 0 Å². The van der Waals surface area contributed by atoms with Crippen LogP contribution in [0, 0.1) is 0 Å². The Morgan fingerprint density at radius 3 is 2.67 bits per heavy atom. The zero-order valence-electron chi connectivity index (χ0n) is 9.00. The van der Waals surface area contributed by atoms with Crippen molar-refractivity contribution in [3.05, 3.63) is 0 Å². The van der Waals surface area contributed by atoms with E-state index in [0.29, 0.717) is 12.2 Å². The first-order chi connectivity index (χ1) is 7.20. The Morgan fingerprint density at radius 1 is 1.33 bits per heavy atom. The minimum atomic E-state index is -0.720. The van der Waals surface area contributed by atoms with Crippen molar-refractivity contribution in [2.24, 2.45) is 0 Å². The number of unbranched alkanes of at least 4 members (excludes halogenated alkanes) is 3. The van der Waals surface area contributed by atoms with Crippen LogP contribution in [0.25, 0.3) is 0 Å². The number of hydrogen-bond donors (Lipinski definition) is 2. The zero-order chi connectivity index (χ0) is 11.1. The van der Waals surface area contributed by atoms with Crippen molar-refractivity contribution in [2.75, 3.05) is 6.54 Å². The second kappa shape index (κ2) is 6.56. The van der Waals surface area contributed by atoms with E-state index in [4.69, 9.17) is 5.11 Å². The molecule has 2 N–H and O–H groups in total. The lowest BCUT2D eigenvalue weighted by atomic mass is 10.0. The van der Waals surface area contributed by atoms with Crippen LogP contribution >= 0.6 is 0 Å². The molecule has 0 aromatic carbocycles. The summed E-state index contributed by atoms with van der Waals surface area (Å²) in [5.41, 5.74) is 0. The van der Waals surface area contributed by atoms with Gasteiger partial charge in [0.05, 0.1) is 6.04 Å². The third kappa shape index (κ3) is 4.93.